The van der Waals surface area contributed by atoms with E-state index in [9.17, 15) is 4.79 Å². The average molecular weight is 168 g/mol. The fourth-order valence-corrected chi connectivity index (χ4v) is 0.771. The van der Waals surface area contributed by atoms with Crippen LogP contribution in [0.5, 0.6) is 0 Å². The summed E-state index contributed by atoms with van der Waals surface area (Å²) in [5, 5.41) is 9.25. The van der Waals surface area contributed by atoms with Crippen LogP contribution in [0.2, 0.25) is 0 Å². The van der Waals surface area contributed by atoms with Gasteiger partial charge in [0.15, 0.2) is 5.82 Å². The van der Waals surface area contributed by atoms with Crippen LogP contribution in [-0.2, 0) is 11.3 Å². The number of hydrogen-bond donors (Lipinski definition) is 2. The third kappa shape index (κ3) is 2.34. The van der Waals surface area contributed by atoms with E-state index in [1.807, 2.05) is 6.92 Å². The minimum Gasteiger partial charge on any atom is -0.349 e. The van der Waals surface area contributed by atoms with Crippen LogP contribution in [0, 0.1) is 6.92 Å². The van der Waals surface area contributed by atoms with Gasteiger partial charge in [-0.15, -0.1) is 0 Å². The van der Waals surface area contributed by atoms with Crippen LogP contribution < -0.4 is 5.32 Å². The Morgan fingerprint density at radius 2 is 2.42 bits per heavy atom. The van der Waals surface area contributed by atoms with Gasteiger partial charge in [-0.05, 0) is 6.92 Å². The summed E-state index contributed by atoms with van der Waals surface area (Å²) in [5.74, 6) is 1.39. The second kappa shape index (κ2) is 3.85. The fraction of sp³-hybridized carbons (Fsp3) is 0.571. The van der Waals surface area contributed by atoms with Crippen molar-refractivity contribution >= 4 is 5.91 Å². The summed E-state index contributed by atoms with van der Waals surface area (Å²) in [4.78, 5) is 14.9. The Morgan fingerprint density at radius 3 is 2.92 bits per heavy atom. The van der Waals surface area contributed by atoms with E-state index in [4.69, 9.17) is 0 Å². The molecule has 1 rings (SSSR count). The monoisotopic (exact) mass is 168 g/mol. The molecule has 0 spiro atoms. The molecular formula is C7H12N4O. The van der Waals surface area contributed by atoms with Crippen LogP contribution in [0.15, 0.2) is 0 Å². The number of amides is 1. The van der Waals surface area contributed by atoms with Crippen LogP contribution >= 0.6 is 0 Å². The van der Waals surface area contributed by atoms with Gasteiger partial charge in [0.1, 0.15) is 5.82 Å². The van der Waals surface area contributed by atoms with E-state index in [1.54, 1.807) is 6.92 Å². The summed E-state index contributed by atoms with van der Waals surface area (Å²) in [5.41, 5.74) is 0. The zero-order valence-electron chi connectivity index (χ0n) is 7.22. The van der Waals surface area contributed by atoms with Gasteiger partial charge in [0, 0.05) is 6.42 Å². The number of H-pyrrole nitrogens is 1. The van der Waals surface area contributed by atoms with Crippen molar-refractivity contribution in [1.82, 2.24) is 20.5 Å². The highest BCUT2D eigenvalue weighted by atomic mass is 16.1. The lowest BCUT2D eigenvalue weighted by molar-refractivity contribution is -0.120. The number of aromatic nitrogens is 3. The van der Waals surface area contributed by atoms with Crippen molar-refractivity contribution < 1.29 is 4.79 Å². The van der Waals surface area contributed by atoms with Crippen molar-refractivity contribution in [2.45, 2.75) is 26.8 Å². The summed E-state index contributed by atoms with van der Waals surface area (Å²) in [6, 6.07) is 0. The van der Waals surface area contributed by atoms with Gasteiger partial charge in [-0.25, -0.2) is 4.98 Å². The maximum atomic E-state index is 10.8. The van der Waals surface area contributed by atoms with Gasteiger partial charge in [0.05, 0.1) is 6.54 Å². The van der Waals surface area contributed by atoms with Crippen LogP contribution in [0.3, 0.4) is 0 Å². The average Bonchev–Trinajstić information content (AvgIpc) is 2.47. The number of carbonyl (C=O) groups is 1. The zero-order valence-corrected chi connectivity index (χ0v) is 7.22. The summed E-state index contributed by atoms with van der Waals surface area (Å²) < 4.78 is 0. The maximum absolute atomic E-state index is 10.8. The summed E-state index contributed by atoms with van der Waals surface area (Å²) in [6.45, 7) is 4.02. The molecule has 12 heavy (non-hydrogen) atoms. The highest BCUT2D eigenvalue weighted by Gasteiger charge is 2.00. The van der Waals surface area contributed by atoms with E-state index in [0.29, 0.717) is 18.8 Å². The molecule has 1 aromatic heterocycles. The third-order valence-electron chi connectivity index (χ3n) is 1.41. The van der Waals surface area contributed by atoms with Crippen molar-refractivity contribution in [3.63, 3.8) is 0 Å². The molecule has 0 fully saturated rings. The van der Waals surface area contributed by atoms with Crippen LogP contribution in [-0.4, -0.2) is 21.1 Å². The normalized spacial score (nSPS) is 9.83. The Balaban J connectivity index is 2.38. The van der Waals surface area contributed by atoms with Crippen molar-refractivity contribution in [2.24, 2.45) is 0 Å². The van der Waals surface area contributed by atoms with E-state index in [1.165, 1.54) is 0 Å². The molecule has 0 aromatic carbocycles. The molecule has 5 nitrogen and oxygen atoms in total. The lowest BCUT2D eigenvalue weighted by atomic mass is 10.4. The first-order valence-corrected chi connectivity index (χ1v) is 3.87. The molecule has 0 saturated carbocycles. The van der Waals surface area contributed by atoms with E-state index in [-0.39, 0.29) is 5.91 Å². The lowest BCUT2D eigenvalue weighted by Gasteiger charge is -1.97. The minimum absolute atomic E-state index is 0.0115. The van der Waals surface area contributed by atoms with Crippen molar-refractivity contribution in [1.29, 1.82) is 0 Å². The molecule has 0 saturated heterocycles. The molecule has 0 unspecified atom stereocenters. The molecule has 66 valence electrons. The molecule has 1 heterocycles. The van der Waals surface area contributed by atoms with Gasteiger partial charge in [0.25, 0.3) is 0 Å². The summed E-state index contributed by atoms with van der Waals surface area (Å²) >= 11 is 0. The topological polar surface area (TPSA) is 70.7 Å². The van der Waals surface area contributed by atoms with E-state index in [2.05, 4.69) is 20.5 Å². The van der Waals surface area contributed by atoms with Gasteiger partial charge in [0.2, 0.25) is 5.91 Å². The molecule has 0 atom stereocenters. The number of nitrogens with one attached hydrogen (secondary N) is 2. The summed E-state index contributed by atoms with van der Waals surface area (Å²) in [7, 11) is 0. The SMILES string of the molecule is CCC(=O)NCc1n[nH]c(C)n1. The van der Waals surface area contributed by atoms with Gasteiger partial charge in [-0.3, -0.25) is 9.89 Å². The van der Waals surface area contributed by atoms with E-state index in [0.717, 1.165) is 5.82 Å². The molecule has 0 bridgehead atoms. The van der Waals surface area contributed by atoms with Crippen molar-refractivity contribution in [3.05, 3.63) is 11.6 Å². The Kier molecular flexibility index (Phi) is 2.79. The lowest BCUT2D eigenvalue weighted by Crippen LogP contribution is -2.22. The maximum Gasteiger partial charge on any atom is 0.220 e. The number of aromatic amines is 1. The summed E-state index contributed by atoms with van der Waals surface area (Å²) in [6.07, 6.45) is 0.489. The van der Waals surface area contributed by atoms with Gasteiger partial charge in [-0.1, -0.05) is 6.92 Å². The molecule has 0 aliphatic rings. The Labute approximate surface area is 70.6 Å². The smallest absolute Gasteiger partial charge is 0.220 e. The number of aryl methyl sites for hydroxylation is 1. The predicted octanol–water partition coefficient (Wildman–Crippen LogP) is 0.139. The van der Waals surface area contributed by atoms with E-state index >= 15 is 0 Å². The van der Waals surface area contributed by atoms with E-state index < -0.39 is 0 Å². The van der Waals surface area contributed by atoms with Crippen molar-refractivity contribution in [3.8, 4) is 0 Å². The number of carbonyl (C=O) groups excluding carboxylic acids is 1. The molecule has 0 aliphatic heterocycles. The van der Waals surface area contributed by atoms with Gasteiger partial charge < -0.3 is 5.32 Å². The second-order valence-electron chi connectivity index (χ2n) is 2.47. The highest BCUT2D eigenvalue weighted by molar-refractivity contribution is 5.75. The standard InChI is InChI=1S/C7H12N4O/c1-3-7(12)8-4-6-9-5(2)10-11-6/h3-4H2,1-2H3,(H,8,12)(H,9,10,11). The number of hydrogen-bond acceptors (Lipinski definition) is 3. The first-order valence-electron chi connectivity index (χ1n) is 3.87. The molecule has 5 heteroatoms. The largest absolute Gasteiger partial charge is 0.349 e. The Bertz CT molecular complexity index is 268. The quantitative estimate of drug-likeness (QED) is 0.674. The minimum atomic E-state index is 0.0115. The van der Waals surface area contributed by atoms with Crippen molar-refractivity contribution in [2.75, 3.05) is 0 Å². The first kappa shape index (κ1) is 8.70. The predicted molar refractivity (Wildman–Crippen MR) is 43.3 cm³/mol. The zero-order chi connectivity index (χ0) is 8.97. The molecule has 2 N–H and O–H groups in total. The highest BCUT2D eigenvalue weighted by Crippen LogP contribution is 1.89. The number of nitrogens with zero attached hydrogens (tertiary/aromatic N) is 2. The molecule has 1 aromatic rings. The van der Waals surface area contributed by atoms with Gasteiger partial charge in [-0.2, -0.15) is 5.10 Å². The molecule has 1 amide bonds. The molecule has 0 radical (unpaired) electrons. The molecule has 0 aliphatic carbocycles. The first-order chi connectivity index (χ1) is 5.72. The second-order valence-corrected chi connectivity index (χ2v) is 2.47. The Morgan fingerprint density at radius 1 is 1.67 bits per heavy atom. The van der Waals surface area contributed by atoms with Crippen LogP contribution in [0.4, 0.5) is 0 Å². The van der Waals surface area contributed by atoms with Gasteiger partial charge >= 0.3 is 0 Å². The number of rotatable bonds is 3. The fourth-order valence-electron chi connectivity index (χ4n) is 0.771. The van der Waals surface area contributed by atoms with Crippen LogP contribution in [0.1, 0.15) is 25.0 Å². The molecular weight excluding hydrogens is 156 g/mol. The third-order valence-corrected chi connectivity index (χ3v) is 1.41. The Hall–Kier alpha value is -1.39. The van der Waals surface area contributed by atoms with Crippen LogP contribution in [0.25, 0.3) is 0 Å².